The zero-order valence-corrected chi connectivity index (χ0v) is 17.1. The highest BCUT2D eigenvalue weighted by atomic mass is 32.2. The summed E-state index contributed by atoms with van der Waals surface area (Å²) in [4.78, 5) is 12.2. The quantitative estimate of drug-likeness (QED) is 0.731. The van der Waals surface area contributed by atoms with Crippen LogP contribution in [0.15, 0.2) is 29.4 Å². The molecule has 1 fully saturated rings. The fourth-order valence-corrected chi connectivity index (χ4v) is 4.06. The Bertz CT molecular complexity index is 754. The van der Waals surface area contributed by atoms with Crippen molar-refractivity contribution >= 4 is 17.7 Å². The number of nitrogens with zero attached hydrogens (tertiary/aromatic N) is 3. The van der Waals surface area contributed by atoms with Gasteiger partial charge < -0.3 is 14.6 Å². The van der Waals surface area contributed by atoms with Crippen molar-refractivity contribution in [2.24, 2.45) is 7.05 Å². The average molecular weight is 389 g/mol. The normalized spacial score (nSPS) is 16.1. The number of hydrogen-bond donors (Lipinski definition) is 1. The van der Waals surface area contributed by atoms with Crippen LogP contribution in [0, 0.1) is 6.92 Å². The Morgan fingerprint density at radius 2 is 1.96 bits per heavy atom. The van der Waals surface area contributed by atoms with Crippen molar-refractivity contribution < 1.29 is 9.53 Å². The van der Waals surface area contributed by atoms with Crippen molar-refractivity contribution in [2.75, 3.05) is 5.75 Å². The van der Waals surface area contributed by atoms with E-state index >= 15 is 0 Å². The van der Waals surface area contributed by atoms with Crippen molar-refractivity contribution in [3.63, 3.8) is 0 Å². The number of thioether (sulfide) groups is 1. The Morgan fingerprint density at radius 3 is 2.67 bits per heavy atom. The third-order valence-electron chi connectivity index (χ3n) is 4.87. The van der Waals surface area contributed by atoms with Gasteiger partial charge in [-0.3, -0.25) is 4.79 Å². The zero-order valence-electron chi connectivity index (χ0n) is 16.3. The van der Waals surface area contributed by atoms with Gasteiger partial charge in [0.25, 0.3) is 0 Å². The summed E-state index contributed by atoms with van der Waals surface area (Å²) in [6.45, 7) is 4.00. The number of nitrogens with one attached hydrogen (secondary N) is 1. The van der Waals surface area contributed by atoms with Crippen LogP contribution in [0.3, 0.4) is 0 Å². The molecule has 146 valence electrons. The van der Waals surface area contributed by atoms with Gasteiger partial charge in [0.05, 0.1) is 5.75 Å². The molecule has 1 unspecified atom stereocenters. The lowest BCUT2D eigenvalue weighted by atomic mass is 9.95. The topological polar surface area (TPSA) is 69.0 Å². The zero-order chi connectivity index (χ0) is 19.2. The number of benzene rings is 1. The number of carbonyl (C=O) groups is 1. The lowest BCUT2D eigenvalue weighted by Gasteiger charge is -2.22. The summed E-state index contributed by atoms with van der Waals surface area (Å²) in [5, 5.41) is 12.3. The molecule has 1 aromatic carbocycles. The first-order valence-electron chi connectivity index (χ1n) is 9.57. The van der Waals surface area contributed by atoms with Gasteiger partial charge in [0.2, 0.25) is 5.91 Å². The van der Waals surface area contributed by atoms with E-state index in [1.165, 1.54) is 36.6 Å². The minimum Gasteiger partial charge on any atom is -0.483 e. The van der Waals surface area contributed by atoms with Gasteiger partial charge in [0.15, 0.2) is 17.1 Å². The van der Waals surface area contributed by atoms with Crippen LogP contribution >= 0.6 is 11.8 Å². The van der Waals surface area contributed by atoms with E-state index < -0.39 is 0 Å². The largest absolute Gasteiger partial charge is 0.483 e. The number of hydrogen-bond acceptors (Lipinski definition) is 5. The van der Waals surface area contributed by atoms with Crippen LogP contribution in [0.25, 0.3) is 0 Å². The molecule has 1 saturated carbocycles. The number of aromatic nitrogens is 3. The van der Waals surface area contributed by atoms with Gasteiger partial charge in [-0.25, -0.2) is 0 Å². The van der Waals surface area contributed by atoms with E-state index in [-0.39, 0.29) is 12.0 Å². The predicted octanol–water partition coefficient (Wildman–Crippen LogP) is 3.80. The molecular formula is C20H28N4O2S. The number of rotatable bonds is 7. The second kappa shape index (κ2) is 9.26. The first-order valence-corrected chi connectivity index (χ1v) is 10.6. The molecular weight excluding hydrogens is 360 g/mol. The van der Waals surface area contributed by atoms with E-state index in [4.69, 9.17) is 4.74 Å². The molecule has 0 saturated heterocycles. The molecule has 1 amide bonds. The number of ether oxygens (including phenoxy) is 1. The standard InChI is InChI=1S/C20H28N4O2S/c1-14-9-11-17(12-10-14)26-15(2)19-22-23-20(24(19)3)27-13-18(25)21-16-7-5-4-6-8-16/h9-12,15-16H,4-8,13H2,1-3H3,(H,21,25). The third kappa shape index (κ3) is 5.48. The third-order valence-corrected chi connectivity index (χ3v) is 5.89. The molecule has 7 heteroatoms. The maximum atomic E-state index is 12.2. The molecule has 1 aromatic heterocycles. The second-order valence-electron chi connectivity index (χ2n) is 7.16. The molecule has 1 atom stereocenters. The van der Waals surface area contributed by atoms with Gasteiger partial charge in [0.1, 0.15) is 5.75 Å². The summed E-state index contributed by atoms with van der Waals surface area (Å²) < 4.78 is 7.86. The minimum atomic E-state index is -0.226. The van der Waals surface area contributed by atoms with E-state index in [9.17, 15) is 4.79 Å². The summed E-state index contributed by atoms with van der Waals surface area (Å²) in [7, 11) is 1.91. The number of carbonyl (C=O) groups excluding carboxylic acids is 1. The van der Waals surface area contributed by atoms with Crippen molar-refractivity contribution in [2.45, 2.75) is 63.3 Å². The smallest absolute Gasteiger partial charge is 0.230 e. The molecule has 0 spiro atoms. The summed E-state index contributed by atoms with van der Waals surface area (Å²) in [6.07, 6.45) is 5.67. The van der Waals surface area contributed by atoms with Crippen LogP contribution in [0.1, 0.15) is 56.5 Å². The summed E-state index contributed by atoms with van der Waals surface area (Å²) >= 11 is 1.41. The molecule has 27 heavy (non-hydrogen) atoms. The first-order chi connectivity index (χ1) is 13.0. The summed E-state index contributed by atoms with van der Waals surface area (Å²) in [5.41, 5.74) is 1.19. The van der Waals surface area contributed by atoms with Crippen LogP contribution in [0.4, 0.5) is 0 Å². The Hall–Kier alpha value is -2.02. The first kappa shape index (κ1) is 19.7. The maximum absolute atomic E-state index is 12.2. The molecule has 1 aliphatic rings. The van der Waals surface area contributed by atoms with E-state index in [2.05, 4.69) is 15.5 Å². The van der Waals surface area contributed by atoms with Crippen LogP contribution in [-0.2, 0) is 11.8 Å². The molecule has 3 rings (SSSR count). The molecule has 0 radical (unpaired) electrons. The van der Waals surface area contributed by atoms with Crippen LogP contribution in [0.5, 0.6) is 5.75 Å². The lowest BCUT2D eigenvalue weighted by molar-refractivity contribution is -0.119. The highest BCUT2D eigenvalue weighted by Gasteiger charge is 2.19. The molecule has 1 heterocycles. The highest BCUT2D eigenvalue weighted by molar-refractivity contribution is 7.99. The van der Waals surface area contributed by atoms with Crippen molar-refractivity contribution in [3.05, 3.63) is 35.7 Å². The Kier molecular flexibility index (Phi) is 6.77. The van der Waals surface area contributed by atoms with E-state index in [1.807, 2.05) is 49.7 Å². The number of amides is 1. The lowest BCUT2D eigenvalue weighted by Crippen LogP contribution is -2.37. The van der Waals surface area contributed by atoms with Crippen molar-refractivity contribution in [3.8, 4) is 5.75 Å². The van der Waals surface area contributed by atoms with Gasteiger partial charge in [-0.1, -0.05) is 48.7 Å². The highest BCUT2D eigenvalue weighted by Crippen LogP contribution is 2.24. The molecule has 6 nitrogen and oxygen atoms in total. The van der Waals surface area contributed by atoms with E-state index in [0.29, 0.717) is 11.8 Å². The Labute approximate surface area is 165 Å². The molecule has 1 N–H and O–H groups in total. The Morgan fingerprint density at radius 1 is 1.26 bits per heavy atom. The second-order valence-corrected chi connectivity index (χ2v) is 8.11. The van der Waals surface area contributed by atoms with Gasteiger partial charge in [-0.15, -0.1) is 10.2 Å². The van der Waals surface area contributed by atoms with Crippen LogP contribution in [0.2, 0.25) is 0 Å². The van der Waals surface area contributed by atoms with Gasteiger partial charge in [-0.05, 0) is 38.8 Å². The van der Waals surface area contributed by atoms with E-state index in [1.54, 1.807) is 0 Å². The number of aryl methyl sites for hydroxylation is 1. The maximum Gasteiger partial charge on any atom is 0.230 e. The summed E-state index contributed by atoms with van der Waals surface area (Å²) in [6, 6.07) is 8.28. The van der Waals surface area contributed by atoms with Crippen molar-refractivity contribution in [1.82, 2.24) is 20.1 Å². The van der Waals surface area contributed by atoms with Crippen molar-refractivity contribution in [1.29, 1.82) is 0 Å². The Balaban J connectivity index is 1.52. The fourth-order valence-electron chi connectivity index (χ4n) is 3.33. The van der Waals surface area contributed by atoms with E-state index in [0.717, 1.165) is 29.6 Å². The SMILES string of the molecule is Cc1ccc(OC(C)c2nnc(SCC(=O)NC3CCCCC3)n2C)cc1. The van der Waals surface area contributed by atoms with Crippen LogP contribution < -0.4 is 10.1 Å². The van der Waals surface area contributed by atoms with Gasteiger partial charge in [-0.2, -0.15) is 0 Å². The molecule has 0 aliphatic heterocycles. The predicted molar refractivity (Wildman–Crippen MR) is 107 cm³/mol. The molecule has 1 aliphatic carbocycles. The van der Waals surface area contributed by atoms with Gasteiger partial charge >= 0.3 is 0 Å². The molecule has 0 bridgehead atoms. The van der Waals surface area contributed by atoms with Gasteiger partial charge in [0, 0.05) is 13.1 Å². The molecule has 2 aromatic rings. The average Bonchev–Trinajstić information content (AvgIpc) is 3.03. The monoisotopic (exact) mass is 388 g/mol. The fraction of sp³-hybridized carbons (Fsp3) is 0.550. The minimum absolute atomic E-state index is 0.0698. The van der Waals surface area contributed by atoms with Crippen LogP contribution in [-0.4, -0.2) is 32.5 Å². The summed E-state index contributed by atoms with van der Waals surface area (Å²) in [5.74, 6) is 1.97.